The van der Waals surface area contributed by atoms with Crippen LogP contribution in [0, 0.1) is 71.0 Å². The van der Waals surface area contributed by atoms with E-state index in [2.05, 4.69) is 327 Å². The highest BCUT2D eigenvalue weighted by Crippen LogP contribution is 2.31. The molecule has 0 saturated heterocycles. The van der Waals surface area contributed by atoms with Crippen molar-refractivity contribution in [2.24, 2.45) is 0 Å². The van der Waals surface area contributed by atoms with Gasteiger partial charge in [-0.15, -0.1) is 0 Å². The Labute approximate surface area is 491 Å². The van der Waals surface area contributed by atoms with E-state index in [0.717, 1.165) is 121 Å². The predicted molar refractivity (Wildman–Crippen MR) is 355 cm³/mol. The molecule has 0 aliphatic carbocycles. The minimum Gasteiger partial charge on any atom is -0.377 e. The van der Waals surface area contributed by atoms with Crippen LogP contribution in [0.1, 0.15) is 66.8 Å². The van der Waals surface area contributed by atoms with Crippen molar-refractivity contribution in [1.29, 1.82) is 0 Å². The van der Waals surface area contributed by atoms with E-state index < -0.39 is 0 Å². The van der Waals surface area contributed by atoms with Gasteiger partial charge in [-0.05, 0) is 151 Å². The smallest absolute Gasteiger partial charge is 0.0441 e. The molecule has 0 amide bonds. The summed E-state index contributed by atoms with van der Waals surface area (Å²) in [6.07, 6.45) is 0. The number of benzene rings is 13. The maximum Gasteiger partial charge on any atom is 0.0441 e. The van der Waals surface area contributed by atoms with Crippen LogP contribution in [-0.2, 0) is 0 Å². The first kappa shape index (κ1) is 51.8. The Balaban J connectivity index is 0.720. The summed E-state index contributed by atoms with van der Waals surface area (Å²) >= 11 is 0. The first-order valence-corrected chi connectivity index (χ1v) is 28.0. The highest BCUT2D eigenvalue weighted by Gasteiger charge is 2.10. The number of hydrogen-bond acceptors (Lipinski definition) is 2. The molecule has 0 N–H and O–H groups in total. The maximum absolute atomic E-state index is 3.52. The standard InChI is InChI=1S/C82H52N2/c1-83(2)81-39-15-35-77-67(25-13-37-79(77)81)55-53-65-23-11-31-73-63(21-9-33-75(65)73)51-49-61-19-7-27-69-59(17-5-29-71(61)69)47-45-57-41-43-58(44-42-57)46-48-60-18-6-30-72-62(20-8-28-70(60)72)50-52-64-22-10-34-76-66(24-12-32-74(64)76)54-56-68-26-14-38-80-78(68)36-16-40-82(80)84(3)4/h5-44H,1-4H3. The molecule has 0 fully saturated rings. The molecular weight excluding hydrogens is 1010 g/mol. The first-order valence-electron chi connectivity index (χ1n) is 28.0. The van der Waals surface area contributed by atoms with E-state index in [4.69, 9.17) is 0 Å². The summed E-state index contributed by atoms with van der Waals surface area (Å²) in [7, 11) is 8.29. The van der Waals surface area contributed by atoms with Crippen molar-refractivity contribution in [3.63, 3.8) is 0 Å². The zero-order valence-corrected chi connectivity index (χ0v) is 47.0. The first-order chi connectivity index (χ1) is 41.3. The monoisotopic (exact) mass is 1060 g/mol. The summed E-state index contributed by atoms with van der Waals surface area (Å²) in [5, 5.41) is 13.2. The molecule has 0 spiro atoms. The minimum absolute atomic E-state index is 0.910. The average molecular weight is 1070 g/mol. The molecule has 0 bridgehead atoms. The Morgan fingerprint density at radius 3 is 0.512 bits per heavy atom. The van der Waals surface area contributed by atoms with Crippen LogP contribution in [0.2, 0.25) is 0 Å². The third-order valence-corrected chi connectivity index (χ3v) is 15.3. The lowest BCUT2D eigenvalue weighted by Crippen LogP contribution is -2.08. The van der Waals surface area contributed by atoms with Gasteiger partial charge in [0.15, 0.2) is 0 Å². The van der Waals surface area contributed by atoms with Crippen LogP contribution in [0.3, 0.4) is 0 Å². The van der Waals surface area contributed by atoms with Gasteiger partial charge in [-0.25, -0.2) is 0 Å². The topological polar surface area (TPSA) is 6.48 Å². The van der Waals surface area contributed by atoms with Gasteiger partial charge < -0.3 is 9.80 Å². The lowest BCUT2D eigenvalue weighted by atomic mass is 9.98. The lowest BCUT2D eigenvalue weighted by Gasteiger charge is -2.15. The van der Waals surface area contributed by atoms with E-state index in [1.807, 2.05) is 24.3 Å². The molecule has 0 radical (unpaired) electrons. The molecule has 0 atom stereocenters. The van der Waals surface area contributed by atoms with Gasteiger partial charge in [-0.3, -0.25) is 0 Å². The van der Waals surface area contributed by atoms with Crippen molar-refractivity contribution >= 4 is 76.0 Å². The Bertz CT molecular complexity index is 4900. The molecular formula is C82H52N2. The number of rotatable bonds is 2. The molecule has 13 aromatic carbocycles. The zero-order valence-electron chi connectivity index (χ0n) is 47.0. The Morgan fingerprint density at radius 2 is 0.321 bits per heavy atom. The summed E-state index contributed by atoms with van der Waals surface area (Å²) < 4.78 is 0. The van der Waals surface area contributed by atoms with Crippen molar-refractivity contribution in [3.05, 3.63) is 309 Å². The largest absolute Gasteiger partial charge is 0.377 e. The van der Waals surface area contributed by atoms with Gasteiger partial charge >= 0.3 is 0 Å². The fourth-order valence-electron chi connectivity index (χ4n) is 11.2. The summed E-state index contributed by atoms with van der Waals surface area (Å²) in [5.74, 6) is 41.8. The summed E-state index contributed by atoms with van der Waals surface area (Å²) in [5.41, 5.74) is 13.8. The minimum atomic E-state index is 0.910. The molecule has 0 aliphatic rings. The molecule has 13 rings (SSSR count). The van der Waals surface area contributed by atoms with Crippen LogP contribution in [0.4, 0.5) is 11.4 Å². The second-order valence-corrected chi connectivity index (χ2v) is 21.0. The normalized spacial score (nSPS) is 10.5. The fraction of sp³-hybridized carbons (Fsp3) is 0.0488. The van der Waals surface area contributed by atoms with Gasteiger partial charge in [0.1, 0.15) is 0 Å². The Hall–Kier alpha value is -11.6. The van der Waals surface area contributed by atoms with Crippen LogP contribution in [0.5, 0.6) is 0 Å². The van der Waals surface area contributed by atoms with Crippen molar-refractivity contribution < 1.29 is 0 Å². The van der Waals surface area contributed by atoms with Gasteiger partial charge in [0, 0.05) is 117 Å². The van der Waals surface area contributed by atoms with E-state index in [1.165, 1.54) is 22.1 Å². The van der Waals surface area contributed by atoms with Crippen LogP contribution in [-0.4, -0.2) is 28.2 Å². The van der Waals surface area contributed by atoms with E-state index in [9.17, 15) is 0 Å². The second kappa shape index (κ2) is 22.9. The third kappa shape index (κ3) is 10.4. The number of nitrogens with zero attached hydrogens (tertiary/aromatic N) is 2. The third-order valence-electron chi connectivity index (χ3n) is 15.3. The summed E-state index contributed by atoms with van der Waals surface area (Å²) in [4.78, 5) is 4.29. The highest BCUT2D eigenvalue weighted by molar-refractivity contribution is 6.01. The van der Waals surface area contributed by atoms with E-state index in [0.29, 0.717) is 0 Å². The summed E-state index contributed by atoms with van der Waals surface area (Å²) in [6.45, 7) is 0. The molecule has 2 nitrogen and oxygen atoms in total. The number of hydrogen-bond donors (Lipinski definition) is 0. The van der Waals surface area contributed by atoms with Crippen LogP contribution < -0.4 is 9.80 Å². The van der Waals surface area contributed by atoms with Crippen LogP contribution in [0.15, 0.2) is 243 Å². The van der Waals surface area contributed by atoms with Crippen molar-refractivity contribution in [3.8, 4) is 71.0 Å². The second-order valence-electron chi connectivity index (χ2n) is 21.0. The number of fused-ring (bicyclic) bond motifs is 6. The molecule has 0 aliphatic heterocycles. The van der Waals surface area contributed by atoms with Crippen molar-refractivity contribution in [2.75, 3.05) is 38.0 Å². The lowest BCUT2D eigenvalue weighted by molar-refractivity contribution is 1.14. The molecule has 0 saturated carbocycles. The SMILES string of the molecule is CN(C)c1cccc2c(C#Cc3cccc4c(C#Cc5cccc6c(C#Cc7ccc(C#Cc8cccc9c(C#Cc%10cccc%11c(C#Cc%12cccc%13c(N(C)C)cccc%12%13)cccc%10%11)cccc89)cc7)cccc56)cccc34)cccc12. The van der Waals surface area contributed by atoms with Gasteiger partial charge in [-0.1, -0.05) is 217 Å². The van der Waals surface area contributed by atoms with Crippen LogP contribution >= 0.6 is 0 Å². The van der Waals surface area contributed by atoms with Gasteiger partial charge in [0.25, 0.3) is 0 Å². The molecule has 0 unspecified atom stereocenters. The molecule has 13 aromatic rings. The molecule has 0 heterocycles. The van der Waals surface area contributed by atoms with E-state index in [-0.39, 0.29) is 0 Å². The van der Waals surface area contributed by atoms with Gasteiger partial charge in [0.05, 0.1) is 0 Å². The van der Waals surface area contributed by atoms with Crippen molar-refractivity contribution in [2.45, 2.75) is 0 Å². The molecule has 390 valence electrons. The molecule has 84 heavy (non-hydrogen) atoms. The molecule has 2 heteroatoms. The highest BCUT2D eigenvalue weighted by atomic mass is 15.1. The fourth-order valence-corrected chi connectivity index (χ4v) is 11.2. The Kier molecular flexibility index (Phi) is 14.1. The predicted octanol–water partition coefficient (Wildman–Crippen LogP) is 17.1. The van der Waals surface area contributed by atoms with Gasteiger partial charge in [0.2, 0.25) is 0 Å². The average Bonchev–Trinajstić information content (AvgIpc) is 3.70. The zero-order chi connectivity index (χ0) is 56.9. The van der Waals surface area contributed by atoms with Crippen molar-refractivity contribution in [1.82, 2.24) is 0 Å². The van der Waals surface area contributed by atoms with E-state index >= 15 is 0 Å². The van der Waals surface area contributed by atoms with Gasteiger partial charge in [-0.2, -0.15) is 0 Å². The number of anilines is 2. The Morgan fingerprint density at radius 1 is 0.167 bits per heavy atom. The van der Waals surface area contributed by atoms with Crippen LogP contribution in [0.25, 0.3) is 64.6 Å². The quantitative estimate of drug-likeness (QED) is 0.159. The summed E-state index contributed by atoms with van der Waals surface area (Å²) in [6, 6.07) is 83.9. The maximum atomic E-state index is 3.52. The van der Waals surface area contributed by atoms with E-state index in [1.54, 1.807) is 0 Å². The molecule has 0 aromatic heterocycles.